The fourth-order valence-electron chi connectivity index (χ4n) is 1.70. The van der Waals surface area contributed by atoms with Crippen LogP contribution in [0, 0.1) is 6.92 Å². The van der Waals surface area contributed by atoms with Gasteiger partial charge in [-0.3, -0.25) is 4.79 Å². The van der Waals surface area contributed by atoms with Gasteiger partial charge in [-0.1, -0.05) is 19.9 Å². The molecule has 15 heavy (non-hydrogen) atoms. The van der Waals surface area contributed by atoms with Crippen molar-refractivity contribution in [3.63, 3.8) is 0 Å². The Labute approximate surface area is 91.1 Å². The number of aryl methyl sites for hydroxylation is 1. The Balaban J connectivity index is 2.83. The van der Waals surface area contributed by atoms with Crippen molar-refractivity contribution >= 4 is 0 Å². The van der Waals surface area contributed by atoms with Crippen molar-refractivity contribution in [2.24, 2.45) is 0 Å². The van der Waals surface area contributed by atoms with Gasteiger partial charge in [0.05, 0.1) is 0 Å². The van der Waals surface area contributed by atoms with Gasteiger partial charge in [0.15, 0.2) is 0 Å². The molecule has 0 radical (unpaired) electrons. The summed E-state index contributed by atoms with van der Waals surface area (Å²) in [5, 5.41) is 3.38. The summed E-state index contributed by atoms with van der Waals surface area (Å²) in [5.41, 5.74) is 1.12. The summed E-state index contributed by atoms with van der Waals surface area (Å²) in [6, 6.07) is 5.78. The summed E-state index contributed by atoms with van der Waals surface area (Å²) >= 11 is 0. The maximum atomic E-state index is 11.6. The first kappa shape index (κ1) is 12.0. The minimum atomic E-state index is 0.0892. The van der Waals surface area contributed by atoms with Crippen molar-refractivity contribution in [3.05, 3.63) is 34.2 Å². The van der Waals surface area contributed by atoms with Crippen molar-refractivity contribution < 1.29 is 0 Å². The minimum absolute atomic E-state index is 0.0892. The van der Waals surface area contributed by atoms with Gasteiger partial charge in [-0.15, -0.1) is 0 Å². The Hall–Kier alpha value is -1.09. The standard InChI is InChI=1S/C12H20N2O/c1-4-11(13-5-2)9-14-10(3)7-6-8-12(14)15/h6-8,11,13H,4-5,9H2,1-3H3. The smallest absolute Gasteiger partial charge is 0.250 e. The Morgan fingerprint density at radius 3 is 2.67 bits per heavy atom. The molecule has 3 heteroatoms. The van der Waals surface area contributed by atoms with Crippen LogP contribution in [0.25, 0.3) is 0 Å². The number of likely N-dealkylation sites (N-methyl/N-ethyl adjacent to an activating group) is 1. The largest absolute Gasteiger partial charge is 0.312 e. The number of aromatic nitrogens is 1. The molecule has 1 heterocycles. The highest BCUT2D eigenvalue weighted by molar-refractivity contribution is 5.04. The first-order valence-electron chi connectivity index (χ1n) is 5.58. The van der Waals surface area contributed by atoms with Gasteiger partial charge in [0, 0.05) is 24.3 Å². The highest BCUT2D eigenvalue weighted by atomic mass is 16.1. The van der Waals surface area contributed by atoms with Crippen molar-refractivity contribution in [1.82, 2.24) is 9.88 Å². The van der Waals surface area contributed by atoms with Gasteiger partial charge in [0.25, 0.3) is 5.56 Å². The van der Waals surface area contributed by atoms with E-state index in [4.69, 9.17) is 0 Å². The molecule has 0 aromatic carbocycles. The second-order valence-electron chi connectivity index (χ2n) is 3.78. The summed E-state index contributed by atoms with van der Waals surface area (Å²) in [6.07, 6.45) is 1.04. The SMILES string of the molecule is CCNC(CC)Cn1c(C)cccc1=O. The zero-order valence-corrected chi connectivity index (χ0v) is 9.79. The van der Waals surface area contributed by atoms with Crippen molar-refractivity contribution in [1.29, 1.82) is 0 Å². The van der Waals surface area contributed by atoms with Crippen LogP contribution in [0.5, 0.6) is 0 Å². The van der Waals surface area contributed by atoms with Gasteiger partial charge >= 0.3 is 0 Å². The summed E-state index contributed by atoms with van der Waals surface area (Å²) in [6.45, 7) is 7.90. The summed E-state index contributed by atoms with van der Waals surface area (Å²) in [4.78, 5) is 11.6. The van der Waals surface area contributed by atoms with E-state index in [9.17, 15) is 4.79 Å². The third-order valence-electron chi connectivity index (χ3n) is 2.66. The minimum Gasteiger partial charge on any atom is -0.312 e. The molecule has 0 saturated heterocycles. The van der Waals surface area contributed by atoms with Crippen LogP contribution in [-0.2, 0) is 6.54 Å². The fourth-order valence-corrected chi connectivity index (χ4v) is 1.70. The monoisotopic (exact) mass is 208 g/mol. The maximum Gasteiger partial charge on any atom is 0.250 e. The molecule has 1 unspecified atom stereocenters. The predicted octanol–water partition coefficient (Wildman–Crippen LogP) is 1.54. The molecule has 84 valence electrons. The van der Waals surface area contributed by atoms with Gasteiger partial charge in [0.1, 0.15) is 0 Å². The van der Waals surface area contributed by atoms with Crippen LogP contribution in [0.3, 0.4) is 0 Å². The van der Waals surface area contributed by atoms with Crippen LogP contribution < -0.4 is 10.9 Å². The van der Waals surface area contributed by atoms with Crippen LogP contribution in [0.1, 0.15) is 26.0 Å². The van der Waals surface area contributed by atoms with E-state index in [0.29, 0.717) is 6.04 Å². The van der Waals surface area contributed by atoms with E-state index < -0.39 is 0 Å². The molecular weight excluding hydrogens is 188 g/mol. The molecule has 1 N–H and O–H groups in total. The van der Waals surface area contributed by atoms with E-state index in [1.165, 1.54) is 0 Å². The van der Waals surface area contributed by atoms with E-state index in [1.54, 1.807) is 6.07 Å². The van der Waals surface area contributed by atoms with Gasteiger partial charge in [-0.25, -0.2) is 0 Å². The molecule has 0 spiro atoms. The third kappa shape index (κ3) is 3.20. The lowest BCUT2D eigenvalue weighted by Crippen LogP contribution is -2.36. The van der Waals surface area contributed by atoms with Crippen LogP contribution in [0.4, 0.5) is 0 Å². The highest BCUT2D eigenvalue weighted by Gasteiger charge is 2.07. The van der Waals surface area contributed by atoms with Crippen molar-refractivity contribution in [2.45, 2.75) is 39.8 Å². The van der Waals surface area contributed by atoms with E-state index in [-0.39, 0.29) is 5.56 Å². The Morgan fingerprint density at radius 1 is 1.40 bits per heavy atom. The van der Waals surface area contributed by atoms with Crippen LogP contribution in [0.2, 0.25) is 0 Å². The zero-order chi connectivity index (χ0) is 11.3. The molecule has 0 aliphatic heterocycles. The third-order valence-corrected chi connectivity index (χ3v) is 2.66. The van der Waals surface area contributed by atoms with Crippen LogP contribution >= 0.6 is 0 Å². The predicted molar refractivity (Wildman–Crippen MR) is 63.2 cm³/mol. The van der Waals surface area contributed by atoms with Crippen molar-refractivity contribution in [3.8, 4) is 0 Å². The molecule has 1 aromatic rings. The number of nitrogens with zero attached hydrogens (tertiary/aromatic N) is 1. The second-order valence-corrected chi connectivity index (χ2v) is 3.78. The normalized spacial score (nSPS) is 12.7. The van der Waals surface area contributed by atoms with Crippen LogP contribution in [-0.4, -0.2) is 17.2 Å². The molecule has 0 saturated carbocycles. The molecule has 0 amide bonds. The Bertz CT molecular complexity index is 357. The molecule has 1 rings (SSSR count). The Kier molecular flexibility index (Phi) is 4.56. The first-order chi connectivity index (χ1) is 7.19. The van der Waals surface area contributed by atoms with E-state index in [0.717, 1.165) is 25.2 Å². The van der Waals surface area contributed by atoms with Gasteiger partial charge < -0.3 is 9.88 Å². The number of rotatable bonds is 5. The lowest BCUT2D eigenvalue weighted by atomic mass is 10.2. The summed E-state index contributed by atoms with van der Waals surface area (Å²) in [7, 11) is 0. The van der Waals surface area contributed by atoms with Gasteiger partial charge in [-0.2, -0.15) is 0 Å². The lowest BCUT2D eigenvalue weighted by Gasteiger charge is -2.18. The quantitative estimate of drug-likeness (QED) is 0.796. The Morgan fingerprint density at radius 2 is 2.13 bits per heavy atom. The van der Waals surface area contributed by atoms with Gasteiger partial charge in [0.2, 0.25) is 0 Å². The van der Waals surface area contributed by atoms with E-state index in [1.807, 2.05) is 23.6 Å². The first-order valence-corrected chi connectivity index (χ1v) is 5.58. The van der Waals surface area contributed by atoms with E-state index >= 15 is 0 Å². The number of hydrogen-bond donors (Lipinski definition) is 1. The molecular formula is C12H20N2O. The molecule has 1 aromatic heterocycles. The second kappa shape index (κ2) is 5.71. The number of hydrogen-bond acceptors (Lipinski definition) is 2. The lowest BCUT2D eigenvalue weighted by molar-refractivity contribution is 0.436. The molecule has 0 aliphatic rings. The summed E-state index contributed by atoms with van der Waals surface area (Å²) in [5.74, 6) is 0. The van der Waals surface area contributed by atoms with Crippen LogP contribution in [0.15, 0.2) is 23.0 Å². The maximum absolute atomic E-state index is 11.6. The van der Waals surface area contributed by atoms with Crippen molar-refractivity contribution in [2.75, 3.05) is 6.54 Å². The van der Waals surface area contributed by atoms with Gasteiger partial charge in [-0.05, 0) is 26.0 Å². The molecule has 0 fully saturated rings. The average molecular weight is 208 g/mol. The molecule has 0 aliphatic carbocycles. The zero-order valence-electron chi connectivity index (χ0n) is 9.79. The topological polar surface area (TPSA) is 34.0 Å². The van der Waals surface area contributed by atoms with E-state index in [2.05, 4.69) is 19.2 Å². The molecule has 0 bridgehead atoms. The summed E-state index contributed by atoms with van der Waals surface area (Å²) < 4.78 is 1.83. The number of pyridine rings is 1. The number of nitrogens with one attached hydrogen (secondary N) is 1. The fraction of sp³-hybridized carbons (Fsp3) is 0.583. The highest BCUT2D eigenvalue weighted by Crippen LogP contribution is 1.99. The molecule has 3 nitrogen and oxygen atoms in total. The molecule has 1 atom stereocenters. The average Bonchev–Trinajstić information content (AvgIpc) is 2.22.